The summed E-state index contributed by atoms with van der Waals surface area (Å²) in [5.41, 5.74) is 3.84. The van der Waals surface area contributed by atoms with E-state index in [-0.39, 0.29) is 11.8 Å². The van der Waals surface area contributed by atoms with E-state index in [1.807, 2.05) is 29.4 Å². The van der Waals surface area contributed by atoms with Crippen LogP contribution >= 0.6 is 0 Å². The smallest absolute Gasteiger partial charge is 0.278 e. The maximum absolute atomic E-state index is 12.6. The Bertz CT molecular complexity index is 856. The summed E-state index contributed by atoms with van der Waals surface area (Å²) in [4.78, 5) is 19.0. The molecule has 0 aliphatic carbocycles. The second kappa shape index (κ2) is 6.46. The number of aryl methyl sites for hydroxylation is 1. The lowest BCUT2D eigenvalue weighted by Crippen LogP contribution is -2.39. The second-order valence-corrected chi connectivity index (χ2v) is 6.25. The van der Waals surface area contributed by atoms with E-state index < -0.39 is 0 Å². The van der Waals surface area contributed by atoms with Crippen LogP contribution < -0.4 is 0 Å². The highest BCUT2D eigenvalue weighted by molar-refractivity contribution is 5.93. The number of nitrogens with zero attached hydrogens (tertiary/aromatic N) is 5. The Labute approximate surface area is 144 Å². The van der Waals surface area contributed by atoms with E-state index in [0.717, 1.165) is 36.2 Å². The molecule has 4 heterocycles. The predicted molar refractivity (Wildman–Crippen MR) is 88.7 cm³/mol. The van der Waals surface area contributed by atoms with Crippen molar-refractivity contribution in [2.75, 3.05) is 13.1 Å². The van der Waals surface area contributed by atoms with Gasteiger partial charge in [-0.25, -0.2) is 4.63 Å². The van der Waals surface area contributed by atoms with Crippen molar-refractivity contribution in [1.82, 2.24) is 30.4 Å². The Balaban J connectivity index is 1.49. The minimum atomic E-state index is -0.126. The van der Waals surface area contributed by atoms with E-state index in [2.05, 4.69) is 30.1 Å². The second-order valence-electron chi connectivity index (χ2n) is 6.25. The summed E-state index contributed by atoms with van der Waals surface area (Å²) in [6.07, 6.45) is 7.41. The molecule has 1 aliphatic heterocycles. The fourth-order valence-corrected chi connectivity index (χ4v) is 3.20. The molecule has 1 atom stereocenters. The van der Waals surface area contributed by atoms with Crippen LogP contribution in [0.5, 0.6) is 0 Å². The molecular formula is C17H18N6O2. The molecule has 128 valence electrons. The molecule has 0 aromatic carbocycles. The largest absolute Gasteiger partial charge is 0.336 e. The third kappa shape index (κ3) is 3.02. The fourth-order valence-electron chi connectivity index (χ4n) is 3.20. The Kier molecular flexibility index (Phi) is 4.01. The van der Waals surface area contributed by atoms with Gasteiger partial charge in [-0.1, -0.05) is 11.2 Å². The van der Waals surface area contributed by atoms with Crippen molar-refractivity contribution in [3.63, 3.8) is 0 Å². The number of carbonyl (C=O) groups excluding carboxylic acids is 1. The lowest BCUT2D eigenvalue weighted by Gasteiger charge is -2.32. The Hall–Kier alpha value is -3.03. The summed E-state index contributed by atoms with van der Waals surface area (Å²) >= 11 is 0. The highest BCUT2D eigenvalue weighted by Crippen LogP contribution is 2.28. The zero-order valence-corrected chi connectivity index (χ0v) is 13.8. The van der Waals surface area contributed by atoms with Gasteiger partial charge in [-0.3, -0.25) is 14.9 Å². The van der Waals surface area contributed by atoms with Gasteiger partial charge in [0.25, 0.3) is 5.91 Å². The normalized spacial score (nSPS) is 17.6. The highest BCUT2D eigenvalue weighted by Gasteiger charge is 2.29. The topological polar surface area (TPSA) is 101 Å². The molecule has 8 nitrogen and oxygen atoms in total. The molecule has 1 N–H and O–H groups in total. The number of aromatic nitrogens is 5. The summed E-state index contributed by atoms with van der Waals surface area (Å²) in [6, 6.07) is 4.07. The van der Waals surface area contributed by atoms with Crippen molar-refractivity contribution < 1.29 is 9.42 Å². The van der Waals surface area contributed by atoms with E-state index >= 15 is 0 Å². The van der Waals surface area contributed by atoms with Gasteiger partial charge in [0.1, 0.15) is 5.69 Å². The molecule has 8 heteroatoms. The molecule has 0 saturated carbocycles. The van der Waals surface area contributed by atoms with E-state index in [4.69, 9.17) is 0 Å². The molecule has 3 aromatic rings. The van der Waals surface area contributed by atoms with Crippen molar-refractivity contribution >= 4 is 5.91 Å². The van der Waals surface area contributed by atoms with Crippen molar-refractivity contribution in [3.05, 3.63) is 47.8 Å². The number of carbonyl (C=O) groups is 1. The Morgan fingerprint density at radius 3 is 2.88 bits per heavy atom. The maximum atomic E-state index is 12.6. The van der Waals surface area contributed by atoms with Crippen LogP contribution in [-0.4, -0.2) is 49.4 Å². The van der Waals surface area contributed by atoms with Crippen LogP contribution in [0.25, 0.3) is 11.1 Å². The summed E-state index contributed by atoms with van der Waals surface area (Å²) in [5, 5.41) is 14.2. The van der Waals surface area contributed by atoms with Gasteiger partial charge < -0.3 is 4.90 Å². The SMILES string of the molecule is Cc1nonc1C(=O)N1CCC[C@@H](c2ccc(-c3cn[nH]c3)cn2)C1. The fraction of sp³-hybridized carbons (Fsp3) is 0.353. The third-order valence-corrected chi connectivity index (χ3v) is 4.60. The van der Waals surface area contributed by atoms with Crippen molar-refractivity contribution in [2.45, 2.75) is 25.7 Å². The molecule has 1 fully saturated rings. The monoisotopic (exact) mass is 338 g/mol. The minimum absolute atomic E-state index is 0.126. The first kappa shape index (κ1) is 15.5. The van der Waals surface area contributed by atoms with Crippen molar-refractivity contribution in [3.8, 4) is 11.1 Å². The molecule has 0 spiro atoms. The molecule has 0 bridgehead atoms. The molecule has 1 saturated heterocycles. The number of nitrogens with one attached hydrogen (secondary N) is 1. The zero-order valence-electron chi connectivity index (χ0n) is 13.8. The first-order valence-corrected chi connectivity index (χ1v) is 8.26. The van der Waals surface area contributed by atoms with Gasteiger partial charge in [0, 0.05) is 48.2 Å². The van der Waals surface area contributed by atoms with Gasteiger partial charge in [-0.05, 0) is 31.0 Å². The van der Waals surface area contributed by atoms with Crippen LogP contribution in [0.3, 0.4) is 0 Å². The van der Waals surface area contributed by atoms with Crippen molar-refractivity contribution in [2.24, 2.45) is 0 Å². The van der Waals surface area contributed by atoms with Crippen LogP contribution in [0, 0.1) is 6.92 Å². The van der Waals surface area contributed by atoms with Gasteiger partial charge in [0.2, 0.25) is 0 Å². The number of hydrogen-bond donors (Lipinski definition) is 1. The van der Waals surface area contributed by atoms with E-state index in [0.29, 0.717) is 17.9 Å². The molecule has 0 unspecified atom stereocenters. The Morgan fingerprint density at radius 1 is 1.28 bits per heavy atom. The van der Waals surface area contributed by atoms with E-state index in [9.17, 15) is 4.79 Å². The summed E-state index contributed by atoms with van der Waals surface area (Å²) < 4.78 is 4.65. The number of rotatable bonds is 3. The van der Waals surface area contributed by atoms with E-state index in [1.165, 1.54) is 0 Å². The van der Waals surface area contributed by atoms with Crippen LogP contribution in [-0.2, 0) is 0 Å². The molecule has 3 aromatic heterocycles. The van der Waals surface area contributed by atoms with Gasteiger partial charge in [0.05, 0.1) is 6.20 Å². The molecular weight excluding hydrogens is 320 g/mol. The third-order valence-electron chi connectivity index (χ3n) is 4.60. The van der Waals surface area contributed by atoms with Crippen LogP contribution in [0.4, 0.5) is 0 Å². The van der Waals surface area contributed by atoms with E-state index in [1.54, 1.807) is 13.1 Å². The average molecular weight is 338 g/mol. The number of piperidine rings is 1. The maximum Gasteiger partial charge on any atom is 0.278 e. The van der Waals surface area contributed by atoms with Gasteiger partial charge in [-0.15, -0.1) is 0 Å². The number of likely N-dealkylation sites (tertiary alicyclic amines) is 1. The molecule has 0 radical (unpaired) electrons. The van der Waals surface area contributed by atoms with Crippen molar-refractivity contribution in [1.29, 1.82) is 0 Å². The highest BCUT2D eigenvalue weighted by atomic mass is 16.6. The number of H-pyrrole nitrogens is 1. The van der Waals surface area contributed by atoms with Crippen LogP contribution in [0.1, 0.15) is 40.6 Å². The molecule has 1 aliphatic rings. The first-order valence-electron chi connectivity index (χ1n) is 8.26. The summed E-state index contributed by atoms with van der Waals surface area (Å²) in [6.45, 7) is 3.07. The molecule has 1 amide bonds. The number of aromatic amines is 1. The molecule has 25 heavy (non-hydrogen) atoms. The predicted octanol–water partition coefficient (Wildman–Crippen LogP) is 2.18. The zero-order chi connectivity index (χ0) is 17.2. The lowest BCUT2D eigenvalue weighted by atomic mass is 9.93. The standard InChI is InChI=1S/C17H18N6O2/c1-11-16(22-25-21-11)17(24)23-6-2-3-13(10-23)15-5-4-12(7-18-15)14-8-19-20-9-14/h4-5,7-9,13H,2-3,6,10H2,1H3,(H,19,20)/t13-/m1/s1. The average Bonchev–Trinajstić information content (AvgIpc) is 3.33. The Morgan fingerprint density at radius 2 is 2.20 bits per heavy atom. The van der Waals surface area contributed by atoms with Gasteiger partial charge in [0.15, 0.2) is 5.69 Å². The molecule has 4 rings (SSSR count). The van der Waals surface area contributed by atoms with Crippen LogP contribution in [0.15, 0.2) is 35.4 Å². The summed E-state index contributed by atoms with van der Waals surface area (Å²) in [7, 11) is 0. The quantitative estimate of drug-likeness (QED) is 0.785. The number of amides is 1. The van der Waals surface area contributed by atoms with Crippen LogP contribution in [0.2, 0.25) is 0 Å². The first-order chi connectivity index (χ1) is 12.2. The lowest BCUT2D eigenvalue weighted by molar-refractivity contribution is 0.0694. The number of pyridine rings is 1. The number of hydrogen-bond acceptors (Lipinski definition) is 6. The summed E-state index contributed by atoms with van der Waals surface area (Å²) in [5.74, 6) is 0.0923. The van der Waals surface area contributed by atoms with Gasteiger partial charge >= 0.3 is 0 Å². The minimum Gasteiger partial charge on any atom is -0.336 e. The van der Waals surface area contributed by atoms with Gasteiger partial charge in [-0.2, -0.15) is 5.10 Å².